The summed E-state index contributed by atoms with van der Waals surface area (Å²) in [6.45, 7) is 3.11. The van der Waals surface area contributed by atoms with Gasteiger partial charge in [0, 0.05) is 25.2 Å². The minimum atomic E-state index is -0.270. The SMILES string of the molecule is Fc1cccc(-c2nnn3c2COC2CN(Cc4ccccc4)CC23)c1. The van der Waals surface area contributed by atoms with Gasteiger partial charge < -0.3 is 4.74 Å². The zero-order chi connectivity index (χ0) is 17.5. The number of likely N-dealkylation sites (tertiary alicyclic amines) is 1. The number of aromatic nitrogens is 3. The van der Waals surface area contributed by atoms with Crippen LogP contribution in [-0.2, 0) is 17.9 Å². The normalized spacial score (nSPS) is 22.2. The molecule has 1 fully saturated rings. The first-order valence-electron chi connectivity index (χ1n) is 8.86. The molecular formula is C20H19FN4O. The Kier molecular flexibility index (Phi) is 3.80. The smallest absolute Gasteiger partial charge is 0.123 e. The van der Waals surface area contributed by atoms with Crippen LogP contribution in [0.1, 0.15) is 17.3 Å². The standard InChI is InChI=1S/C20H19FN4O/c21-16-8-4-7-15(9-16)20-18-13-26-19-12-24(10-14-5-2-1-3-6-14)11-17(19)25(18)23-22-20/h1-9,17,19H,10-13H2. The minimum Gasteiger partial charge on any atom is -0.368 e. The summed E-state index contributed by atoms with van der Waals surface area (Å²) >= 11 is 0. The van der Waals surface area contributed by atoms with E-state index < -0.39 is 0 Å². The maximum atomic E-state index is 13.6. The average molecular weight is 350 g/mol. The van der Waals surface area contributed by atoms with Crippen molar-refractivity contribution < 1.29 is 9.13 Å². The summed E-state index contributed by atoms with van der Waals surface area (Å²) in [6.07, 6.45) is 0.119. The van der Waals surface area contributed by atoms with Crippen LogP contribution in [0.3, 0.4) is 0 Å². The van der Waals surface area contributed by atoms with Gasteiger partial charge in [-0.2, -0.15) is 0 Å². The monoisotopic (exact) mass is 350 g/mol. The number of nitrogens with zero attached hydrogens (tertiary/aromatic N) is 4. The second-order valence-electron chi connectivity index (χ2n) is 6.94. The highest BCUT2D eigenvalue weighted by atomic mass is 19.1. The fourth-order valence-corrected chi connectivity index (χ4v) is 3.96. The zero-order valence-electron chi connectivity index (χ0n) is 14.3. The minimum absolute atomic E-state index is 0.119. The molecule has 2 atom stereocenters. The molecule has 2 aliphatic heterocycles. The molecule has 26 heavy (non-hydrogen) atoms. The number of hydrogen-bond donors (Lipinski definition) is 0. The van der Waals surface area contributed by atoms with E-state index >= 15 is 0 Å². The van der Waals surface area contributed by atoms with Crippen LogP contribution in [0.4, 0.5) is 4.39 Å². The van der Waals surface area contributed by atoms with Gasteiger partial charge >= 0.3 is 0 Å². The Morgan fingerprint density at radius 3 is 2.81 bits per heavy atom. The van der Waals surface area contributed by atoms with Gasteiger partial charge in [0.2, 0.25) is 0 Å². The average Bonchev–Trinajstić information content (AvgIpc) is 3.25. The third-order valence-corrected chi connectivity index (χ3v) is 5.20. The second-order valence-corrected chi connectivity index (χ2v) is 6.94. The molecule has 0 saturated carbocycles. The Hall–Kier alpha value is -2.57. The van der Waals surface area contributed by atoms with Crippen LogP contribution < -0.4 is 0 Å². The molecule has 5 nitrogen and oxygen atoms in total. The van der Waals surface area contributed by atoms with Crippen molar-refractivity contribution in [3.8, 4) is 11.3 Å². The van der Waals surface area contributed by atoms with Crippen LogP contribution in [-0.4, -0.2) is 39.1 Å². The summed E-state index contributed by atoms with van der Waals surface area (Å²) in [5.74, 6) is -0.270. The molecule has 5 rings (SSSR count). The number of ether oxygens (including phenoxy) is 1. The van der Waals surface area contributed by atoms with Crippen LogP contribution in [0.5, 0.6) is 0 Å². The molecular weight excluding hydrogens is 331 g/mol. The Bertz CT molecular complexity index is 927. The van der Waals surface area contributed by atoms with Crippen molar-refractivity contribution in [3.05, 3.63) is 71.7 Å². The van der Waals surface area contributed by atoms with Crippen LogP contribution in [0.15, 0.2) is 54.6 Å². The molecule has 3 heterocycles. The Morgan fingerprint density at radius 2 is 1.96 bits per heavy atom. The molecule has 1 saturated heterocycles. The lowest BCUT2D eigenvalue weighted by atomic mass is 10.1. The van der Waals surface area contributed by atoms with Gasteiger partial charge in [-0.1, -0.05) is 47.7 Å². The highest BCUT2D eigenvalue weighted by molar-refractivity contribution is 5.61. The molecule has 0 N–H and O–H groups in total. The van der Waals surface area contributed by atoms with Gasteiger partial charge in [0.1, 0.15) is 11.5 Å². The topological polar surface area (TPSA) is 43.2 Å². The van der Waals surface area contributed by atoms with Gasteiger partial charge in [-0.05, 0) is 17.7 Å². The second kappa shape index (κ2) is 6.30. The van der Waals surface area contributed by atoms with E-state index in [2.05, 4.69) is 39.5 Å². The first-order chi connectivity index (χ1) is 12.8. The van der Waals surface area contributed by atoms with Crippen molar-refractivity contribution in [1.82, 2.24) is 19.9 Å². The Morgan fingerprint density at radius 1 is 1.08 bits per heavy atom. The molecule has 0 amide bonds. The quantitative estimate of drug-likeness (QED) is 0.728. The lowest BCUT2D eigenvalue weighted by Gasteiger charge is -2.26. The van der Waals surface area contributed by atoms with Gasteiger partial charge in [-0.3, -0.25) is 4.90 Å². The van der Waals surface area contributed by atoms with E-state index in [0.717, 1.165) is 30.9 Å². The van der Waals surface area contributed by atoms with E-state index in [1.807, 2.05) is 16.8 Å². The molecule has 0 radical (unpaired) electrons. The summed E-state index contributed by atoms with van der Waals surface area (Å²) in [4.78, 5) is 2.39. The van der Waals surface area contributed by atoms with E-state index in [4.69, 9.17) is 4.74 Å². The fraction of sp³-hybridized carbons (Fsp3) is 0.300. The highest BCUT2D eigenvalue weighted by Gasteiger charge is 2.40. The van der Waals surface area contributed by atoms with E-state index in [1.54, 1.807) is 6.07 Å². The zero-order valence-corrected chi connectivity index (χ0v) is 14.3. The summed E-state index contributed by atoms with van der Waals surface area (Å²) < 4.78 is 21.7. The maximum absolute atomic E-state index is 13.6. The maximum Gasteiger partial charge on any atom is 0.123 e. The summed E-state index contributed by atoms with van der Waals surface area (Å²) in [5, 5.41) is 8.71. The third kappa shape index (κ3) is 2.71. The van der Waals surface area contributed by atoms with Crippen LogP contribution >= 0.6 is 0 Å². The molecule has 6 heteroatoms. The predicted molar refractivity (Wildman–Crippen MR) is 94.7 cm³/mol. The van der Waals surface area contributed by atoms with E-state index in [-0.39, 0.29) is 18.0 Å². The number of fused-ring (bicyclic) bond motifs is 3. The van der Waals surface area contributed by atoms with Crippen LogP contribution in [0, 0.1) is 5.82 Å². The molecule has 0 spiro atoms. The fourth-order valence-electron chi connectivity index (χ4n) is 3.96. The van der Waals surface area contributed by atoms with Crippen molar-refractivity contribution in [1.29, 1.82) is 0 Å². The largest absolute Gasteiger partial charge is 0.368 e. The van der Waals surface area contributed by atoms with Gasteiger partial charge in [0.15, 0.2) is 0 Å². The lowest BCUT2D eigenvalue weighted by Crippen LogP contribution is -2.32. The van der Waals surface area contributed by atoms with Crippen molar-refractivity contribution in [2.75, 3.05) is 13.1 Å². The van der Waals surface area contributed by atoms with Gasteiger partial charge in [-0.25, -0.2) is 9.07 Å². The molecule has 2 unspecified atom stereocenters. The number of hydrogen-bond acceptors (Lipinski definition) is 4. The summed E-state index contributed by atoms with van der Waals surface area (Å²) in [5.41, 5.74) is 3.68. The Balaban J connectivity index is 1.40. The van der Waals surface area contributed by atoms with Gasteiger partial charge in [0.25, 0.3) is 0 Å². The Labute approximate surface area is 151 Å². The predicted octanol–water partition coefficient (Wildman–Crippen LogP) is 3.04. The molecule has 3 aromatic rings. The van der Waals surface area contributed by atoms with E-state index in [0.29, 0.717) is 12.3 Å². The van der Waals surface area contributed by atoms with E-state index in [1.165, 1.54) is 17.7 Å². The first kappa shape index (κ1) is 15.7. The lowest BCUT2D eigenvalue weighted by molar-refractivity contribution is -0.00494. The van der Waals surface area contributed by atoms with Crippen LogP contribution in [0.25, 0.3) is 11.3 Å². The first-order valence-corrected chi connectivity index (χ1v) is 8.86. The van der Waals surface area contributed by atoms with Gasteiger partial charge in [-0.15, -0.1) is 5.10 Å². The van der Waals surface area contributed by atoms with Gasteiger partial charge in [0.05, 0.1) is 24.4 Å². The van der Waals surface area contributed by atoms with E-state index in [9.17, 15) is 4.39 Å². The third-order valence-electron chi connectivity index (χ3n) is 5.20. The molecule has 1 aromatic heterocycles. The highest BCUT2D eigenvalue weighted by Crippen LogP contribution is 2.34. The van der Waals surface area contributed by atoms with Crippen molar-refractivity contribution in [2.45, 2.75) is 25.3 Å². The summed E-state index contributed by atoms with van der Waals surface area (Å²) in [6, 6.07) is 17.1. The van der Waals surface area contributed by atoms with Crippen molar-refractivity contribution in [2.24, 2.45) is 0 Å². The van der Waals surface area contributed by atoms with Crippen LogP contribution in [0.2, 0.25) is 0 Å². The number of halogens is 1. The number of rotatable bonds is 3. The molecule has 0 aliphatic carbocycles. The molecule has 132 valence electrons. The molecule has 2 aromatic carbocycles. The number of benzene rings is 2. The summed E-state index contributed by atoms with van der Waals surface area (Å²) in [7, 11) is 0. The molecule has 2 aliphatic rings. The van der Waals surface area contributed by atoms with Crippen molar-refractivity contribution in [3.63, 3.8) is 0 Å². The van der Waals surface area contributed by atoms with Crippen molar-refractivity contribution >= 4 is 0 Å². The molecule has 0 bridgehead atoms.